The van der Waals surface area contributed by atoms with Crippen LogP contribution in [0.3, 0.4) is 0 Å². The summed E-state index contributed by atoms with van der Waals surface area (Å²) in [6.07, 6.45) is 0. The predicted octanol–water partition coefficient (Wildman–Crippen LogP) is 5.24. The third kappa shape index (κ3) is 2.79. The summed E-state index contributed by atoms with van der Waals surface area (Å²) >= 11 is 0. The fourth-order valence-corrected chi connectivity index (χ4v) is 2.44. The molecule has 0 aliphatic heterocycles. The Kier molecular flexibility index (Phi) is 3.59. The van der Waals surface area contributed by atoms with Gasteiger partial charge >= 0.3 is 0 Å². The molecule has 0 saturated heterocycles. The molecule has 0 aliphatic rings. The van der Waals surface area contributed by atoms with E-state index in [4.69, 9.17) is 4.74 Å². The number of H-pyrrole nitrogens is 1. The van der Waals surface area contributed by atoms with Gasteiger partial charge in [0, 0.05) is 5.69 Å². The van der Waals surface area contributed by atoms with E-state index in [1.165, 1.54) is 0 Å². The maximum absolute atomic E-state index is 14.7. The Bertz CT molecular complexity index is 968. The van der Waals surface area contributed by atoms with Crippen LogP contribution in [0, 0.1) is 5.82 Å². The number of hydrogen-bond acceptors (Lipinski definition) is 3. The van der Waals surface area contributed by atoms with Crippen LogP contribution in [0.2, 0.25) is 0 Å². The van der Waals surface area contributed by atoms with E-state index in [0.717, 1.165) is 5.69 Å². The first-order chi connectivity index (χ1) is 11.8. The molecule has 0 atom stereocenters. The summed E-state index contributed by atoms with van der Waals surface area (Å²) in [4.78, 5) is 7.35. The van der Waals surface area contributed by atoms with Crippen LogP contribution < -0.4 is 10.1 Å². The van der Waals surface area contributed by atoms with E-state index in [9.17, 15) is 4.39 Å². The number of benzene rings is 3. The van der Waals surface area contributed by atoms with Gasteiger partial charge in [0.2, 0.25) is 5.95 Å². The van der Waals surface area contributed by atoms with E-state index >= 15 is 0 Å². The standard InChI is InChI=1S/C19H14FN3O/c20-17-16(24-14-9-5-2-6-10-14)12-11-15-18(17)23-19(22-15)21-13-7-3-1-4-8-13/h1-12H,(H2,21,22,23). The number of hydrogen-bond donors (Lipinski definition) is 2. The molecule has 0 amide bonds. The average Bonchev–Trinajstić information content (AvgIpc) is 3.03. The number of para-hydroxylation sites is 2. The number of nitrogens with one attached hydrogen (secondary N) is 2. The van der Waals surface area contributed by atoms with E-state index in [1.807, 2.05) is 48.5 Å². The fourth-order valence-electron chi connectivity index (χ4n) is 2.44. The van der Waals surface area contributed by atoms with Crippen LogP contribution in [0.15, 0.2) is 72.8 Å². The number of anilines is 2. The molecular weight excluding hydrogens is 305 g/mol. The molecule has 0 spiro atoms. The van der Waals surface area contributed by atoms with Crippen LogP contribution in [0.1, 0.15) is 0 Å². The van der Waals surface area contributed by atoms with Gasteiger partial charge in [-0.25, -0.2) is 9.37 Å². The third-order valence-corrected chi connectivity index (χ3v) is 3.56. The summed E-state index contributed by atoms with van der Waals surface area (Å²) in [6.45, 7) is 0. The number of ether oxygens (including phenoxy) is 1. The van der Waals surface area contributed by atoms with Crippen molar-refractivity contribution in [2.24, 2.45) is 0 Å². The third-order valence-electron chi connectivity index (χ3n) is 3.56. The number of nitrogens with zero attached hydrogens (tertiary/aromatic N) is 1. The van der Waals surface area contributed by atoms with Crippen LogP contribution in [-0.4, -0.2) is 9.97 Å². The van der Waals surface area contributed by atoms with Crippen LogP contribution >= 0.6 is 0 Å². The Hall–Kier alpha value is -3.34. The molecule has 1 heterocycles. The van der Waals surface area contributed by atoms with Gasteiger partial charge in [-0.05, 0) is 36.4 Å². The quantitative estimate of drug-likeness (QED) is 0.541. The van der Waals surface area contributed by atoms with Crippen LogP contribution in [0.4, 0.5) is 16.0 Å². The van der Waals surface area contributed by atoms with Crippen molar-refractivity contribution >= 4 is 22.7 Å². The molecule has 0 bridgehead atoms. The highest BCUT2D eigenvalue weighted by molar-refractivity contribution is 5.80. The van der Waals surface area contributed by atoms with Gasteiger partial charge in [-0.1, -0.05) is 36.4 Å². The van der Waals surface area contributed by atoms with Gasteiger partial charge in [-0.3, -0.25) is 0 Å². The molecule has 24 heavy (non-hydrogen) atoms. The van der Waals surface area contributed by atoms with Gasteiger partial charge in [0.25, 0.3) is 0 Å². The van der Waals surface area contributed by atoms with Gasteiger partial charge < -0.3 is 15.0 Å². The van der Waals surface area contributed by atoms with Crippen molar-refractivity contribution in [2.45, 2.75) is 0 Å². The molecule has 3 aromatic carbocycles. The Morgan fingerprint density at radius 2 is 1.58 bits per heavy atom. The Labute approximate surface area is 137 Å². The second-order valence-electron chi connectivity index (χ2n) is 5.27. The molecule has 2 N–H and O–H groups in total. The smallest absolute Gasteiger partial charge is 0.205 e. The van der Waals surface area contributed by atoms with E-state index in [0.29, 0.717) is 17.2 Å². The molecular formula is C19H14FN3O. The predicted molar refractivity (Wildman–Crippen MR) is 92.3 cm³/mol. The van der Waals surface area contributed by atoms with Gasteiger partial charge in [-0.15, -0.1) is 0 Å². The molecule has 4 aromatic rings. The zero-order valence-electron chi connectivity index (χ0n) is 12.7. The number of imidazole rings is 1. The Morgan fingerprint density at radius 1 is 0.875 bits per heavy atom. The second-order valence-corrected chi connectivity index (χ2v) is 5.27. The monoisotopic (exact) mass is 319 g/mol. The first-order valence-electron chi connectivity index (χ1n) is 7.53. The lowest BCUT2D eigenvalue weighted by atomic mass is 10.3. The van der Waals surface area contributed by atoms with Crippen molar-refractivity contribution in [1.29, 1.82) is 0 Å². The minimum absolute atomic E-state index is 0.145. The first kappa shape index (κ1) is 14.3. The van der Waals surface area contributed by atoms with Crippen LogP contribution in [-0.2, 0) is 0 Å². The second kappa shape index (κ2) is 6.04. The molecule has 118 valence electrons. The number of aromatic nitrogens is 2. The Balaban J connectivity index is 1.66. The van der Waals surface area contributed by atoms with Crippen LogP contribution in [0.25, 0.3) is 11.0 Å². The van der Waals surface area contributed by atoms with E-state index in [1.54, 1.807) is 24.3 Å². The maximum Gasteiger partial charge on any atom is 0.205 e. The van der Waals surface area contributed by atoms with Crippen molar-refractivity contribution in [3.63, 3.8) is 0 Å². The summed E-state index contributed by atoms with van der Waals surface area (Å²) in [5, 5.41) is 3.12. The van der Waals surface area contributed by atoms with E-state index in [-0.39, 0.29) is 11.3 Å². The number of rotatable bonds is 4. The van der Waals surface area contributed by atoms with Gasteiger partial charge in [0.1, 0.15) is 11.3 Å². The Morgan fingerprint density at radius 3 is 2.33 bits per heavy atom. The summed E-state index contributed by atoms with van der Waals surface area (Å²) < 4.78 is 20.3. The van der Waals surface area contributed by atoms with Crippen molar-refractivity contribution in [3.05, 3.63) is 78.6 Å². The van der Waals surface area contributed by atoms with Crippen molar-refractivity contribution in [2.75, 3.05) is 5.32 Å². The first-order valence-corrected chi connectivity index (χ1v) is 7.53. The highest BCUT2D eigenvalue weighted by Crippen LogP contribution is 2.30. The molecule has 4 nitrogen and oxygen atoms in total. The number of aromatic amines is 1. The normalized spacial score (nSPS) is 10.7. The molecule has 5 heteroatoms. The van der Waals surface area contributed by atoms with Gasteiger partial charge in [0.15, 0.2) is 11.6 Å². The summed E-state index contributed by atoms with van der Waals surface area (Å²) in [5.74, 6) is 0.709. The largest absolute Gasteiger partial charge is 0.454 e. The molecule has 4 rings (SSSR count). The SMILES string of the molecule is Fc1c(Oc2ccccc2)ccc2[nH]c(Nc3ccccc3)nc12. The summed E-state index contributed by atoms with van der Waals surface area (Å²) in [6, 6.07) is 22.0. The zero-order chi connectivity index (χ0) is 16.4. The maximum atomic E-state index is 14.7. The van der Waals surface area contributed by atoms with E-state index < -0.39 is 5.82 Å². The van der Waals surface area contributed by atoms with Crippen LogP contribution in [0.5, 0.6) is 11.5 Å². The minimum atomic E-state index is -0.492. The highest BCUT2D eigenvalue weighted by atomic mass is 19.1. The number of halogens is 1. The molecule has 1 aromatic heterocycles. The van der Waals surface area contributed by atoms with Crippen molar-refractivity contribution in [3.8, 4) is 11.5 Å². The molecule has 0 radical (unpaired) electrons. The topological polar surface area (TPSA) is 49.9 Å². The van der Waals surface area contributed by atoms with Gasteiger partial charge in [-0.2, -0.15) is 0 Å². The zero-order valence-corrected chi connectivity index (χ0v) is 12.7. The fraction of sp³-hybridized carbons (Fsp3) is 0. The molecule has 0 saturated carbocycles. The summed E-state index contributed by atoms with van der Waals surface area (Å²) in [7, 11) is 0. The molecule has 0 unspecified atom stereocenters. The number of fused-ring (bicyclic) bond motifs is 1. The molecule has 0 fully saturated rings. The highest BCUT2D eigenvalue weighted by Gasteiger charge is 2.14. The lowest BCUT2D eigenvalue weighted by Crippen LogP contribution is -1.91. The van der Waals surface area contributed by atoms with Gasteiger partial charge in [0.05, 0.1) is 5.52 Å². The lowest BCUT2D eigenvalue weighted by molar-refractivity contribution is 0.445. The van der Waals surface area contributed by atoms with Crippen molar-refractivity contribution in [1.82, 2.24) is 9.97 Å². The van der Waals surface area contributed by atoms with E-state index in [2.05, 4.69) is 15.3 Å². The average molecular weight is 319 g/mol. The minimum Gasteiger partial charge on any atom is -0.454 e. The lowest BCUT2D eigenvalue weighted by Gasteiger charge is -2.06. The van der Waals surface area contributed by atoms with Crippen molar-refractivity contribution < 1.29 is 9.13 Å². The molecule has 0 aliphatic carbocycles. The summed E-state index contributed by atoms with van der Waals surface area (Å²) in [5.41, 5.74) is 1.71.